The number of para-hydroxylation sites is 1. The Balaban J connectivity index is 1.37. The third kappa shape index (κ3) is 4.63. The Morgan fingerprint density at radius 1 is 1.21 bits per heavy atom. The fourth-order valence-electron chi connectivity index (χ4n) is 3.12. The summed E-state index contributed by atoms with van der Waals surface area (Å²) in [6.07, 6.45) is 5.28. The fourth-order valence-corrected chi connectivity index (χ4v) is 4.79. The molecule has 1 aliphatic heterocycles. The van der Waals surface area contributed by atoms with Crippen LogP contribution < -0.4 is 10.6 Å². The molecule has 0 atom stereocenters. The number of benzene rings is 1. The van der Waals surface area contributed by atoms with Gasteiger partial charge in [-0.15, -0.1) is 11.3 Å². The molecule has 3 amide bonds. The first-order valence-corrected chi connectivity index (χ1v) is 11.1. The van der Waals surface area contributed by atoms with Crippen molar-refractivity contribution in [2.24, 2.45) is 0 Å². The van der Waals surface area contributed by atoms with Gasteiger partial charge in [0.1, 0.15) is 9.88 Å². The molecule has 4 rings (SSSR count). The molecule has 1 aliphatic rings. The van der Waals surface area contributed by atoms with Crippen molar-refractivity contribution in [1.29, 1.82) is 0 Å². The van der Waals surface area contributed by atoms with Gasteiger partial charge in [0.2, 0.25) is 0 Å². The number of nitrogens with zero attached hydrogens (tertiary/aromatic N) is 3. The van der Waals surface area contributed by atoms with Gasteiger partial charge in [0.05, 0.1) is 16.4 Å². The zero-order valence-corrected chi connectivity index (χ0v) is 17.6. The summed E-state index contributed by atoms with van der Waals surface area (Å²) in [5.41, 5.74) is 2.12. The lowest BCUT2D eigenvalue weighted by Gasteiger charge is -2.28. The largest absolute Gasteiger partial charge is 0.338 e. The summed E-state index contributed by atoms with van der Waals surface area (Å²) >= 11 is 2.81. The van der Waals surface area contributed by atoms with Crippen LogP contribution >= 0.6 is 22.7 Å². The summed E-state index contributed by atoms with van der Waals surface area (Å²) in [5.74, 6) is -0.197. The van der Waals surface area contributed by atoms with E-state index in [-0.39, 0.29) is 11.9 Å². The Bertz CT molecular complexity index is 1030. The highest BCUT2D eigenvalue weighted by Gasteiger charge is 2.19. The molecule has 0 unspecified atom stereocenters. The van der Waals surface area contributed by atoms with Crippen LogP contribution in [-0.2, 0) is 0 Å². The van der Waals surface area contributed by atoms with E-state index in [1.807, 2.05) is 42.2 Å². The second-order valence-corrected chi connectivity index (χ2v) is 8.72. The van der Waals surface area contributed by atoms with Crippen molar-refractivity contribution in [2.75, 3.05) is 25.0 Å². The molecule has 1 aromatic carbocycles. The summed E-state index contributed by atoms with van der Waals surface area (Å²) in [6.45, 7) is 3.96. The van der Waals surface area contributed by atoms with Crippen molar-refractivity contribution < 1.29 is 9.59 Å². The number of likely N-dealkylation sites (tertiary alicyclic amines) is 1. The number of carbonyl (C=O) groups is 2. The Morgan fingerprint density at radius 3 is 2.76 bits per heavy atom. The second-order valence-electron chi connectivity index (χ2n) is 6.63. The van der Waals surface area contributed by atoms with Gasteiger partial charge in [-0.05, 0) is 38.0 Å². The van der Waals surface area contributed by atoms with Crippen LogP contribution in [0.4, 0.5) is 9.93 Å². The van der Waals surface area contributed by atoms with E-state index in [2.05, 4.69) is 20.6 Å². The lowest BCUT2D eigenvalue weighted by atomic mass is 10.0. The lowest BCUT2D eigenvalue weighted by Crippen LogP contribution is -2.43. The minimum atomic E-state index is -0.197. The van der Waals surface area contributed by atoms with Crippen LogP contribution in [0.2, 0.25) is 0 Å². The van der Waals surface area contributed by atoms with E-state index in [1.54, 1.807) is 6.20 Å². The van der Waals surface area contributed by atoms with Gasteiger partial charge in [-0.25, -0.2) is 14.8 Å². The molecule has 29 heavy (non-hydrogen) atoms. The van der Waals surface area contributed by atoms with E-state index in [4.69, 9.17) is 0 Å². The van der Waals surface area contributed by atoms with E-state index in [0.717, 1.165) is 28.1 Å². The summed E-state index contributed by atoms with van der Waals surface area (Å²) in [4.78, 5) is 35.6. The second kappa shape index (κ2) is 8.71. The molecular formula is C20H21N5O2S2. The quantitative estimate of drug-likeness (QED) is 0.653. The molecule has 0 spiro atoms. The SMILES string of the molecule is CCNC(=O)N1CCC(=Cc2ncc(C(=O)Nc3nc4ccccc4s3)s2)CC1. The Morgan fingerprint density at radius 2 is 2.00 bits per heavy atom. The number of rotatable bonds is 4. The summed E-state index contributed by atoms with van der Waals surface area (Å²) in [5, 5.41) is 7.09. The lowest BCUT2D eigenvalue weighted by molar-refractivity contribution is 0.103. The van der Waals surface area contributed by atoms with Crippen LogP contribution in [0.15, 0.2) is 36.0 Å². The number of hydrogen-bond donors (Lipinski definition) is 2. The van der Waals surface area contributed by atoms with E-state index in [0.29, 0.717) is 29.6 Å². The highest BCUT2D eigenvalue weighted by molar-refractivity contribution is 7.22. The van der Waals surface area contributed by atoms with Crippen LogP contribution in [0.1, 0.15) is 34.4 Å². The van der Waals surface area contributed by atoms with Crippen molar-refractivity contribution in [3.8, 4) is 0 Å². The number of piperidine rings is 1. The monoisotopic (exact) mass is 427 g/mol. The highest BCUT2D eigenvalue weighted by atomic mass is 32.1. The highest BCUT2D eigenvalue weighted by Crippen LogP contribution is 2.27. The Labute approximate surface area is 176 Å². The average Bonchev–Trinajstić information content (AvgIpc) is 3.35. The van der Waals surface area contributed by atoms with Gasteiger partial charge in [-0.3, -0.25) is 10.1 Å². The van der Waals surface area contributed by atoms with E-state index in [1.165, 1.54) is 28.2 Å². The molecule has 0 saturated carbocycles. The van der Waals surface area contributed by atoms with E-state index < -0.39 is 0 Å². The summed E-state index contributed by atoms with van der Waals surface area (Å²) in [7, 11) is 0. The van der Waals surface area contributed by atoms with Crippen molar-refractivity contribution in [2.45, 2.75) is 19.8 Å². The number of carbonyl (C=O) groups excluding carboxylic acids is 2. The normalized spacial score (nSPS) is 14.1. The standard InChI is InChI=1S/C20H21N5O2S2/c1-2-21-20(27)25-9-7-13(8-10-25)11-17-22-12-16(28-17)18(26)24-19-23-14-5-3-4-6-15(14)29-19/h3-6,11-12H,2,7-10H2,1H3,(H,21,27)(H,23,24,26). The zero-order chi connectivity index (χ0) is 20.2. The molecule has 3 aromatic rings. The molecule has 2 aromatic heterocycles. The van der Waals surface area contributed by atoms with Crippen molar-refractivity contribution >= 4 is 56.0 Å². The number of anilines is 1. The number of hydrogen-bond acceptors (Lipinski definition) is 6. The topological polar surface area (TPSA) is 87.2 Å². The number of thiazole rings is 2. The van der Waals surface area contributed by atoms with Crippen LogP contribution in [0.25, 0.3) is 16.3 Å². The number of amides is 3. The van der Waals surface area contributed by atoms with Crippen molar-refractivity contribution in [3.63, 3.8) is 0 Å². The molecule has 7 nitrogen and oxygen atoms in total. The number of urea groups is 1. The average molecular weight is 428 g/mol. The zero-order valence-electron chi connectivity index (χ0n) is 16.0. The minimum Gasteiger partial charge on any atom is -0.338 e. The molecule has 3 heterocycles. The first-order valence-electron chi connectivity index (χ1n) is 9.47. The Hall–Kier alpha value is -2.78. The van der Waals surface area contributed by atoms with Gasteiger partial charge < -0.3 is 10.2 Å². The molecule has 9 heteroatoms. The predicted octanol–water partition coefficient (Wildman–Crippen LogP) is 4.21. The Kier molecular flexibility index (Phi) is 5.86. The number of nitrogens with one attached hydrogen (secondary N) is 2. The van der Waals surface area contributed by atoms with Crippen LogP contribution in [-0.4, -0.2) is 46.4 Å². The minimum absolute atomic E-state index is 0.00500. The van der Waals surface area contributed by atoms with Crippen molar-refractivity contribution in [3.05, 3.63) is 45.9 Å². The van der Waals surface area contributed by atoms with Crippen molar-refractivity contribution in [1.82, 2.24) is 20.2 Å². The van der Waals surface area contributed by atoms with Crippen LogP contribution in [0.5, 0.6) is 0 Å². The van der Waals surface area contributed by atoms with Gasteiger partial charge in [0, 0.05) is 19.6 Å². The third-order valence-corrected chi connectivity index (χ3v) is 6.51. The number of fused-ring (bicyclic) bond motifs is 1. The van der Waals surface area contributed by atoms with Crippen LogP contribution in [0.3, 0.4) is 0 Å². The van der Waals surface area contributed by atoms with E-state index >= 15 is 0 Å². The smallest absolute Gasteiger partial charge is 0.317 e. The molecule has 0 radical (unpaired) electrons. The molecule has 1 fully saturated rings. The van der Waals surface area contributed by atoms with Gasteiger partial charge in [0.15, 0.2) is 5.13 Å². The first kappa shape index (κ1) is 19.5. The van der Waals surface area contributed by atoms with E-state index in [9.17, 15) is 9.59 Å². The molecule has 2 N–H and O–H groups in total. The third-order valence-electron chi connectivity index (χ3n) is 4.61. The predicted molar refractivity (Wildman–Crippen MR) is 118 cm³/mol. The van der Waals surface area contributed by atoms with Crippen LogP contribution in [0, 0.1) is 0 Å². The van der Waals surface area contributed by atoms with Gasteiger partial charge >= 0.3 is 6.03 Å². The first-order chi connectivity index (χ1) is 14.1. The maximum absolute atomic E-state index is 12.5. The summed E-state index contributed by atoms with van der Waals surface area (Å²) in [6, 6.07) is 7.79. The van der Waals surface area contributed by atoms with Gasteiger partial charge in [-0.2, -0.15) is 0 Å². The molecule has 0 bridgehead atoms. The molecular weight excluding hydrogens is 406 g/mol. The maximum atomic E-state index is 12.5. The molecule has 1 saturated heterocycles. The maximum Gasteiger partial charge on any atom is 0.317 e. The fraction of sp³-hybridized carbons (Fsp3) is 0.300. The molecule has 0 aliphatic carbocycles. The molecule has 150 valence electrons. The number of aromatic nitrogens is 2. The van der Waals surface area contributed by atoms with Gasteiger partial charge in [0.25, 0.3) is 5.91 Å². The summed E-state index contributed by atoms with van der Waals surface area (Å²) < 4.78 is 1.04. The van der Waals surface area contributed by atoms with Gasteiger partial charge in [-0.1, -0.05) is 29.0 Å².